The van der Waals surface area contributed by atoms with Crippen LogP contribution < -0.4 is 5.73 Å². The van der Waals surface area contributed by atoms with Gasteiger partial charge in [-0.25, -0.2) is 0 Å². The van der Waals surface area contributed by atoms with Crippen LogP contribution in [0, 0.1) is 0 Å². The number of nitrogens with two attached hydrogens (primary N) is 1. The number of likely N-dealkylation sites (tertiary alicyclic amines) is 1. The van der Waals surface area contributed by atoms with E-state index in [0.29, 0.717) is 12.1 Å². The maximum Gasteiger partial charge on any atom is 0.0457 e. The van der Waals surface area contributed by atoms with Crippen molar-refractivity contribution in [3.05, 3.63) is 36.0 Å². The van der Waals surface area contributed by atoms with E-state index >= 15 is 0 Å². The van der Waals surface area contributed by atoms with Gasteiger partial charge in [-0.2, -0.15) is 0 Å². The summed E-state index contributed by atoms with van der Waals surface area (Å²) in [4.78, 5) is 5.95. The molecule has 2 aromatic rings. The van der Waals surface area contributed by atoms with Gasteiger partial charge in [-0.15, -0.1) is 0 Å². The molecule has 2 atom stereocenters. The number of aromatic nitrogens is 1. The van der Waals surface area contributed by atoms with Gasteiger partial charge in [0.1, 0.15) is 0 Å². The molecule has 102 valence electrons. The summed E-state index contributed by atoms with van der Waals surface area (Å²) in [7, 11) is 0. The highest BCUT2D eigenvalue weighted by Crippen LogP contribution is 2.27. The first-order valence-corrected chi connectivity index (χ1v) is 7.30. The van der Waals surface area contributed by atoms with Crippen molar-refractivity contribution < 1.29 is 0 Å². The molecule has 1 aliphatic rings. The summed E-state index contributed by atoms with van der Waals surface area (Å²) in [5.74, 6) is 0. The molecular formula is C16H23N3. The van der Waals surface area contributed by atoms with Gasteiger partial charge < -0.3 is 10.7 Å². The summed E-state index contributed by atoms with van der Waals surface area (Å²) in [5.41, 5.74) is 8.57. The van der Waals surface area contributed by atoms with Crippen LogP contribution >= 0.6 is 0 Å². The number of hydrogen-bond donors (Lipinski definition) is 2. The molecule has 0 amide bonds. The fourth-order valence-corrected chi connectivity index (χ4v) is 3.34. The lowest BCUT2D eigenvalue weighted by Crippen LogP contribution is -2.48. The lowest BCUT2D eigenvalue weighted by atomic mass is 9.95. The molecule has 0 radical (unpaired) electrons. The van der Waals surface area contributed by atoms with Crippen molar-refractivity contribution in [2.75, 3.05) is 6.54 Å². The number of para-hydroxylation sites is 1. The molecule has 3 nitrogen and oxygen atoms in total. The van der Waals surface area contributed by atoms with Crippen LogP contribution in [0.1, 0.15) is 31.7 Å². The lowest BCUT2D eigenvalue weighted by Gasteiger charge is -2.40. The van der Waals surface area contributed by atoms with E-state index in [4.69, 9.17) is 5.73 Å². The quantitative estimate of drug-likeness (QED) is 0.888. The van der Waals surface area contributed by atoms with E-state index in [1.54, 1.807) is 0 Å². The Labute approximate surface area is 114 Å². The van der Waals surface area contributed by atoms with E-state index in [1.807, 2.05) is 0 Å². The topological polar surface area (TPSA) is 45.0 Å². The largest absolute Gasteiger partial charge is 0.361 e. The average Bonchev–Trinajstić information content (AvgIpc) is 2.84. The Kier molecular flexibility index (Phi) is 3.58. The molecular weight excluding hydrogens is 234 g/mol. The van der Waals surface area contributed by atoms with E-state index in [2.05, 4.69) is 47.3 Å². The van der Waals surface area contributed by atoms with Gasteiger partial charge in [0.2, 0.25) is 0 Å². The number of aromatic amines is 1. The minimum Gasteiger partial charge on any atom is -0.361 e. The van der Waals surface area contributed by atoms with E-state index < -0.39 is 0 Å². The van der Waals surface area contributed by atoms with Gasteiger partial charge in [0.25, 0.3) is 0 Å². The number of nitrogens with one attached hydrogen (secondary N) is 1. The van der Waals surface area contributed by atoms with E-state index in [1.165, 1.54) is 35.7 Å². The van der Waals surface area contributed by atoms with Gasteiger partial charge in [0.05, 0.1) is 0 Å². The second kappa shape index (κ2) is 5.35. The third-order valence-corrected chi connectivity index (χ3v) is 4.49. The van der Waals surface area contributed by atoms with E-state index in [0.717, 1.165) is 13.1 Å². The first-order chi connectivity index (χ1) is 9.29. The average molecular weight is 257 g/mol. The summed E-state index contributed by atoms with van der Waals surface area (Å²) < 4.78 is 0. The molecule has 2 heterocycles. The Bertz CT molecular complexity index is 546. The molecule has 3 heteroatoms. The molecule has 0 bridgehead atoms. The summed E-state index contributed by atoms with van der Waals surface area (Å²) in [6, 6.07) is 9.70. The number of rotatable bonds is 3. The minimum atomic E-state index is 0.539. The maximum atomic E-state index is 5.95. The number of fused-ring (bicyclic) bond motifs is 1. The van der Waals surface area contributed by atoms with Gasteiger partial charge in [-0.1, -0.05) is 24.6 Å². The monoisotopic (exact) mass is 257 g/mol. The van der Waals surface area contributed by atoms with Crippen LogP contribution in [0.4, 0.5) is 0 Å². The van der Waals surface area contributed by atoms with Crippen LogP contribution in [0.5, 0.6) is 0 Å². The normalized spacial score (nSPS) is 24.9. The van der Waals surface area contributed by atoms with Crippen molar-refractivity contribution in [1.82, 2.24) is 9.88 Å². The molecule has 3 rings (SSSR count). The fourth-order valence-electron chi connectivity index (χ4n) is 3.34. The number of piperidine rings is 1. The van der Waals surface area contributed by atoms with Crippen molar-refractivity contribution in [3.8, 4) is 0 Å². The van der Waals surface area contributed by atoms with Crippen molar-refractivity contribution in [2.45, 2.75) is 44.8 Å². The molecule has 1 aromatic heterocycles. The standard InChI is InChI=1S/C16H23N3/c1-12-5-4-6-14(9-17)19(12)11-13-10-18-16-8-3-2-7-15(13)16/h2-3,7-8,10,12,14,18H,4-6,9,11,17H2,1H3. The first-order valence-electron chi connectivity index (χ1n) is 7.30. The number of hydrogen-bond acceptors (Lipinski definition) is 2. The lowest BCUT2D eigenvalue weighted by molar-refractivity contribution is 0.0897. The second-order valence-electron chi connectivity index (χ2n) is 5.70. The highest BCUT2D eigenvalue weighted by atomic mass is 15.2. The molecule has 1 aliphatic heterocycles. The Morgan fingerprint density at radius 3 is 3.00 bits per heavy atom. The zero-order chi connectivity index (χ0) is 13.2. The van der Waals surface area contributed by atoms with Gasteiger partial charge in [-0.3, -0.25) is 4.90 Å². The maximum absolute atomic E-state index is 5.95. The molecule has 3 N–H and O–H groups in total. The number of H-pyrrole nitrogens is 1. The smallest absolute Gasteiger partial charge is 0.0457 e. The van der Waals surface area contributed by atoms with Gasteiger partial charge in [-0.05, 0) is 31.4 Å². The van der Waals surface area contributed by atoms with Gasteiger partial charge in [0, 0.05) is 42.3 Å². The van der Waals surface area contributed by atoms with E-state index in [-0.39, 0.29) is 0 Å². The minimum absolute atomic E-state index is 0.539. The highest BCUT2D eigenvalue weighted by Gasteiger charge is 2.27. The molecule has 1 fully saturated rings. The zero-order valence-electron chi connectivity index (χ0n) is 11.6. The predicted octanol–water partition coefficient (Wildman–Crippen LogP) is 2.87. The second-order valence-corrected chi connectivity index (χ2v) is 5.70. The van der Waals surface area contributed by atoms with Gasteiger partial charge >= 0.3 is 0 Å². The van der Waals surface area contributed by atoms with Gasteiger partial charge in [0.15, 0.2) is 0 Å². The Balaban J connectivity index is 1.86. The van der Waals surface area contributed by atoms with Crippen molar-refractivity contribution in [2.24, 2.45) is 5.73 Å². The molecule has 2 unspecified atom stereocenters. The molecule has 1 saturated heterocycles. The molecule has 1 aromatic carbocycles. The third-order valence-electron chi connectivity index (χ3n) is 4.49. The van der Waals surface area contributed by atoms with Crippen LogP contribution in [0.2, 0.25) is 0 Å². The zero-order valence-corrected chi connectivity index (χ0v) is 11.6. The van der Waals surface area contributed by atoms with Crippen molar-refractivity contribution >= 4 is 10.9 Å². The Morgan fingerprint density at radius 1 is 1.32 bits per heavy atom. The summed E-state index contributed by atoms with van der Waals surface area (Å²) in [6.45, 7) is 4.11. The number of benzene rings is 1. The molecule has 0 saturated carbocycles. The number of nitrogens with zero attached hydrogens (tertiary/aromatic N) is 1. The highest BCUT2D eigenvalue weighted by molar-refractivity contribution is 5.82. The SMILES string of the molecule is CC1CCCC(CN)N1Cc1c[nH]c2ccccc12. The molecule has 19 heavy (non-hydrogen) atoms. The van der Waals surface area contributed by atoms with Crippen LogP contribution in [-0.4, -0.2) is 28.5 Å². The van der Waals surface area contributed by atoms with Crippen LogP contribution in [0.15, 0.2) is 30.5 Å². The summed E-state index contributed by atoms with van der Waals surface area (Å²) >= 11 is 0. The summed E-state index contributed by atoms with van der Waals surface area (Å²) in [5, 5.41) is 1.34. The summed E-state index contributed by atoms with van der Waals surface area (Å²) in [6.07, 6.45) is 6.00. The van der Waals surface area contributed by atoms with Crippen molar-refractivity contribution in [3.63, 3.8) is 0 Å². The third kappa shape index (κ3) is 2.40. The first kappa shape index (κ1) is 12.7. The molecule has 0 spiro atoms. The molecule has 0 aliphatic carbocycles. The van der Waals surface area contributed by atoms with Crippen molar-refractivity contribution in [1.29, 1.82) is 0 Å². The van der Waals surface area contributed by atoms with Crippen LogP contribution in [0.25, 0.3) is 10.9 Å². The Hall–Kier alpha value is -1.32. The Morgan fingerprint density at radius 2 is 2.16 bits per heavy atom. The van der Waals surface area contributed by atoms with Crippen LogP contribution in [-0.2, 0) is 6.54 Å². The van der Waals surface area contributed by atoms with Crippen LogP contribution in [0.3, 0.4) is 0 Å². The van der Waals surface area contributed by atoms with E-state index in [9.17, 15) is 0 Å². The fraction of sp³-hybridized carbons (Fsp3) is 0.500. The predicted molar refractivity (Wildman–Crippen MR) is 80.0 cm³/mol.